The van der Waals surface area contributed by atoms with Crippen LogP contribution < -0.4 is 16.6 Å². The van der Waals surface area contributed by atoms with E-state index in [1.807, 2.05) is 20.0 Å². The van der Waals surface area contributed by atoms with E-state index in [4.69, 9.17) is 5.84 Å². The molecule has 0 spiro atoms. The van der Waals surface area contributed by atoms with Gasteiger partial charge in [0, 0.05) is 18.4 Å². The number of hydrogen-bond acceptors (Lipinski definition) is 3. The molecule has 0 fully saturated rings. The summed E-state index contributed by atoms with van der Waals surface area (Å²) >= 11 is 0. The highest BCUT2D eigenvalue weighted by atomic mass is 15.2. The molecule has 17 heavy (non-hydrogen) atoms. The largest absolute Gasteiger partial charge is 0.389 e. The normalized spacial score (nSPS) is 10.5. The minimum Gasteiger partial charge on any atom is -0.389 e. The third-order valence-electron chi connectivity index (χ3n) is 2.41. The Bertz CT molecular complexity index is 156. The lowest BCUT2D eigenvalue weighted by Gasteiger charge is -2.06. The molecule has 0 rings (SSSR count). The summed E-state index contributed by atoms with van der Waals surface area (Å²) in [5, 5.41) is 3.29. The zero-order chi connectivity index (χ0) is 13.4. The van der Waals surface area contributed by atoms with Crippen LogP contribution in [0.15, 0.2) is 11.9 Å². The summed E-state index contributed by atoms with van der Waals surface area (Å²) in [6, 6.07) is 0. The maximum atomic E-state index is 5.38. The summed E-state index contributed by atoms with van der Waals surface area (Å²) in [5.41, 5.74) is 3.80. The fourth-order valence-corrected chi connectivity index (χ4v) is 1.48. The number of hydrazine groups is 1. The number of nitrogens with one attached hydrogen (secondary N) is 2. The minimum absolute atomic E-state index is 1.01. The highest BCUT2D eigenvalue weighted by molar-refractivity contribution is 4.95. The Kier molecular flexibility index (Phi) is 19.4. The first-order valence-corrected chi connectivity index (χ1v) is 7.24. The predicted octanol–water partition coefficient (Wildman–Crippen LogP) is 3.68. The average molecular weight is 243 g/mol. The Morgan fingerprint density at radius 3 is 2.18 bits per heavy atom. The highest BCUT2D eigenvalue weighted by Gasteiger charge is 1.91. The standard InChI is InChI=1S/C12H27N3.C2H6/c1-3-5-6-7-8-10-14-11-12(15-13)9-4-2;1-2/h11,14-15H,3-10,13H2,1-2H3;1-2H3/b12-11-;. The molecule has 3 nitrogen and oxygen atoms in total. The summed E-state index contributed by atoms with van der Waals surface area (Å²) in [7, 11) is 0. The molecule has 0 atom stereocenters. The van der Waals surface area contributed by atoms with Crippen molar-refractivity contribution in [2.75, 3.05) is 6.54 Å². The first-order valence-electron chi connectivity index (χ1n) is 7.24. The molecule has 0 aromatic carbocycles. The second-order valence-corrected chi connectivity index (χ2v) is 3.93. The second kappa shape index (κ2) is 17.7. The Balaban J connectivity index is 0. The molecule has 3 heteroatoms. The third kappa shape index (κ3) is 15.3. The fraction of sp³-hybridized carbons (Fsp3) is 0.857. The van der Waals surface area contributed by atoms with Gasteiger partial charge in [0.1, 0.15) is 0 Å². The van der Waals surface area contributed by atoms with Crippen LogP contribution in [-0.2, 0) is 0 Å². The van der Waals surface area contributed by atoms with Crippen molar-refractivity contribution in [3.63, 3.8) is 0 Å². The van der Waals surface area contributed by atoms with E-state index in [1.54, 1.807) is 0 Å². The summed E-state index contributed by atoms with van der Waals surface area (Å²) in [4.78, 5) is 0. The first-order chi connectivity index (χ1) is 8.35. The van der Waals surface area contributed by atoms with E-state index < -0.39 is 0 Å². The molecule has 4 N–H and O–H groups in total. The molecular weight excluding hydrogens is 210 g/mol. The summed E-state index contributed by atoms with van der Waals surface area (Å²) < 4.78 is 0. The van der Waals surface area contributed by atoms with Crippen LogP contribution in [0.4, 0.5) is 0 Å². The van der Waals surface area contributed by atoms with Crippen molar-refractivity contribution in [2.24, 2.45) is 5.84 Å². The van der Waals surface area contributed by atoms with E-state index in [0.29, 0.717) is 0 Å². The number of nitrogens with two attached hydrogens (primary N) is 1. The van der Waals surface area contributed by atoms with Crippen LogP contribution in [0.25, 0.3) is 0 Å². The monoisotopic (exact) mass is 243 g/mol. The zero-order valence-corrected chi connectivity index (χ0v) is 12.3. The van der Waals surface area contributed by atoms with Gasteiger partial charge in [0.2, 0.25) is 0 Å². The maximum absolute atomic E-state index is 5.38. The van der Waals surface area contributed by atoms with E-state index in [-0.39, 0.29) is 0 Å². The molecule has 0 bridgehead atoms. The zero-order valence-electron chi connectivity index (χ0n) is 12.3. The van der Waals surface area contributed by atoms with Crippen molar-refractivity contribution in [1.29, 1.82) is 0 Å². The molecule has 0 saturated carbocycles. The molecule has 0 unspecified atom stereocenters. The van der Waals surface area contributed by atoms with E-state index in [9.17, 15) is 0 Å². The number of hydrogen-bond donors (Lipinski definition) is 3. The van der Waals surface area contributed by atoms with E-state index in [2.05, 4.69) is 24.6 Å². The van der Waals surface area contributed by atoms with Gasteiger partial charge in [0.15, 0.2) is 0 Å². The van der Waals surface area contributed by atoms with Crippen molar-refractivity contribution in [1.82, 2.24) is 10.7 Å². The fourth-order valence-electron chi connectivity index (χ4n) is 1.48. The van der Waals surface area contributed by atoms with Gasteiger partial charge in [0.25, 0.3) is 0 Å². The van der Waals surface area contributed by atoms with Crippen LogP contribution in [0.1, 0.15) is 72.6 Å². The molecule has 0 amide bonds. The molecule has 0 aromatic rings. The molecule has 0 aliphatic rings. The molecular formula is C14H33N3. The molecule has 0 aliphatic heterocycles. The third-order valence-corrected chi connectivity index (χ3v) is 2.41. The van der Waals surface area contributed by atoms with Gasteiger partial charge in [-0.25, -0.2) is 0 Å². The Hall–Kier alpha value is -0.700. The summed E-state index contributed by atoms with van der Waals surface area (Å²) in [5.74, 6) is 5.38. The highest BCUT2D eigenvalue weighted by Crippen LogP contribution is 2.01. The average Bonchev–Trinajstić information content (AvgIpc) is 2.38. The predicted molar refractivity (Wildman–Crippen MR) is 78.4 cm³/mol. The Morgan fingerprint density at radius 2 is 1.65 bits per heavy atom. The van der Waals surface area contributed by atoms with Crippen LogP contribution in [0.3, 0.4) is 0 Å². The quantitative estimate of drug-likeness (QED) is 0.312. The summed E-state index contributed by atoms with van der Waals surface area (Å²) in [6.45, 7) is 9.44. The maximum Gasteiger partial charge on any atom is 0.0415 e. The van der Waals surface area contributed by atoms with Gasteiger partial charge in [-0.15, -0.1) is 0 Å². The van der Waals surface area contributed by atoms with Crippen molar-refractivity contribution in [3.8, 4) is 0 Å². The number of rotatable bonds is 10. The molecule has 0 heterocycles. The lowest BCUT2D eigenvalue weighted by molar-refractivity contribution is 0.615. The Morgan fingerprint density at radius 1 is 1.00 bits per heavy atom. The van der Waals surface area contributed by atoms with Crippen molar-refractivity contribution >= 4 is 0 Å². The van der Waals surface area contributed by atoms with Crippen LogP contribution in [0.5, 0.6) is 0 Å². The lowest BCUT2D eigenvalue weighted by atomic mass is 10.1. The van der Waals surface area contributed by atoms with Crippen LogP contribution in [-0.4, -0.2) is 6.54 Å². The van der Waals surface area contributed by atoms with Crippen molar-refractivity contribution in [3.05, 3.63) is 11.9 Å². The minimum atomic E-state index is 1.01. The molecule has 0 aromatic heterocycles. The van der Waals surface area contributed by atoms with Gasteiger partial charge in [-0.3, -0.25) is 5.84 Å². The number of allylic oxidation sites excluding steroid dienone is 1. The molecule has 0 aliphatic carbocycles. The van der Waals surface area contributed by atoms with E-state index in [0.717, 1.165) is 25.1 Å². The van der Waals surface area contributed by atoms with Crippen LogP contribution in [0, 0.1) is 0 Å². The van der Waals surface area contributed by atoms with Gasteiger partial charge in [-0.2, -0.15) is 0 Å². The van der Waals surface area contributed by atoms with Gasteiger partial charge in [-0.05, 0) is 12.8 Å². The lowest BCUT2D eigenvalue weighted by Crippen LogP contribution is -2.23. The molecule has 0 saturated heterocycles. The second-order valence-electron chi connectivity index (χ2n) is 3.93. The van der Waals surface area contributed by atoms with Crippen molar-refractivity contribution in [2.45, 2.75) is 72.6 Å². The molecule has 104 valence electrons. The van der Waals surface area contributed by atoms with Gasteiger partial charge >= 0.3 is 0 Å². The van der Waals surface area contributed by atoms with E-state index in [1.165, 1.54) is 32.1 Å². The van der Waals surface area contributed by atoms with Gasteiger partial charge < -0.3 is 10.7 Å². The Labute approximate surface area is 108 Å². The van der Waals surface area contributed by atoms with Gasteiger partial charge in [0.05, 0.1) is 0 Å². The SMILES string of the molecule is CC.CCCCCCCN/C=C(/CCC)NN. The summed E-state index contributed by atoms with van der Waals surface area (Å²) in [6.07, 6.45) is 10.7. The van der Waals surface area contributed by atoms with Gasteiger partial charge in [-0.1, -0.05) is 59.8 Å². The molecule has 0 radical (unpaired) electrons. The topological polar surface area (TPSA) is 50.1 Å². The van der Waals surface area contributed by atoms with Crippen LogP contribution in [0.2, 0.25) is 0 Å². The number of unbranched alkanes of at least 4 members (excludes halogenated alkanes) is 4. The van der Waals surface area contributed by atoms with E-state index >= 15 is 0 Å². The smallest absolute Gasteiger partial charge is 0.0415 e. The van der Waals surface area contributed by atoms with Crippen LogP contribution >= 0.6 is 0 Å². The first kappa shape index (κ1) is 18.7. The van der Waals surface area contributed by atoms with Crippen molar-refractivity contribution < 1.29 is 0 Å².